The Bertz CT molecular complexity index is 1020. The van der Waals surface area contributed by atoms with Gasteiger partial charge in [-0.3, -0.25) is 14.9 Å². The standard InChI is InChI=1S/C20H20N4O4/c1-13-11-17(16-3-2-4-18(24(26)27)19(16)21-13)22-15-5-8-23(9-6-15)20(25)14-7-10-28-12-14/h2-4,7,10-12,15H,5-6,8-9H2,1H3,(H,21,22). The van der Waals surface area contributed by atoms with E-state index in [0.29, 0.717) is 24.2 Å². The average molecular weight is 380 g/mol. The summed E-state index contributed by atoms with van der Waals surface area (Å²) in [7, 11) is 0. The van der Waals surface area contributed by atoms with E-state index < -0.39 is 4.92 Å². The first-order chi connectivity index (χ1) is 13.5. The molecule has 1 aliphatic heterocycles. The summed E-state index contributed by atoms with van der Waals surface area (Å²) in [5.41, 5.74) is 2.52. The van der Waals surface area contributed by atoms with Crippen LogP contribution in [0, 0.1) is 17.0 Å². The van der Waals surface area contributed by atoms with E-state index in [-0.39, 0.29) is 17.6 Å². The Balaban J connectivity index is 1.51. The lowest BCUT2D eigenvalue weighted by atomic mass is 10.0. The lowest BCUT2D eigenvalue weighted by Gasteiger charge is -2.33. The third kappa shape index (κ3) is 3.40. The number of benzene rings is 1. The van der Waals surface area contributed by atoms with Gasteiger partial charge in [-0.1, -0.05) is 12.1 Å². The molecule has 3 heterocycles. The second-order valence-electron chi connectivity index (χ2n) is 6.96. The highest BCUT2D eigenvalue weighted by molar-refractivity contribution is 5.97. The van der Waals surface area contributed by atoms with Gasteiger partial charge >= 0.3 is 0 Å². The van der Waals surface area contributed by atoms with Crippen molar-refractivity contribution in [2.75, 3.05) is 18.4 Å². The summed E-state index contributed by atoms with van der Waals surface area (Å²) in [6.07, 6.45) is 4.55. The summed E-state index contributed by atoms with van der Waals surface area (Å²) in [6.45, 7) is 3.11. The van der Waals surface area contributed by atoms with Crippen molar-refractivity contribution in [3.8, 4) is 0 Å². The van der Waals surface area contributed by atoms with Crippen LogP contribution in [0.2, 0.25) is 0 Å². The van der Waals surface area contributed by atoms with E-state index in [4.69, 9.17) is 4.42 Å². The molecule has 0 unspecified atom stereocenters. The topological polar surface area (TPSA) is 102 Å². The van der Waals surface area contributed by atoms with Crippen molar-refractivity contribution in [2.45, 2.75) is 25.8 Å². The molecule has 0 atom stereocenters. The smallest absolute Gasteiger partial charge is 0.295 e. The molecule has 0 spiro atoms. The first-order valence-electron chi connectivity index (χ1n) is 9.15. The molecule has 0 bridgehead atoms. The lowest BCUT2D eigenvalue weighted by Crippen LogP contribution is -2.42. The van der Waals surface area contributed by atoms with Gasteiger partial charge < -0.3 is 14.6 Å². The number of amides is 1. The fraction of sp³-hybridized carbons (Fsp3) is 0.300. The number of nitrogens with zero attached hydrogens (tertiary/aromatic N) is 3. The highest BCUT2D eigenvalue weighted by Gasteiger charge is 2.25. The second kappa shape index (κ2) is 7.30. The van der Waals surface area contributed by atoms with Crippen molar-refractivity contribution >= 4 is 28.2 Å². The monoisotopic (exact) mass is 380 g/mol. The molecule has 1 fully saturated rings. The van der Waals surface area contributed by atoms with Gasteiger partial charge in [-0.25, -0.2) is 4.98 Å². The number of pyridine rings is 1. The van der Waals surface area contributed by atoms with Gasteiger partial charge in [0.05, 0.1) is 16.7 Å². The van der Waals surface area contributed by atoms with Crippen molar-refractivity contribution in [3.63, 3.8) is 0 Å². The maximum Gasteiger partial charge on any atom is 0.295 e. The first kappa shape index (κ1) is 18.0. The fourth-order valence-corrected chi connectivity index (χ4v) is 3.64. The van der Waals surface area contributed by atoms with Gasteiger partial charge in [-0.2, -0.15) is 0 Å². The number of piperidine rings is 1. The summed E-state index contributed by atoms with van der Waals surface area (Å²) < 4.78 is 4.99. The zero-order valence-electron chi connectivity index (χ0n) is 15.4. The number of carbonyl (C=O) groups is 1. The molecule has 3 aromatic rings. The third-order valence-electron chi connectivity index (χ3n) is 5.05. The minimum Gasteiger partial charge on any atom is -0.472 e. The van der Waals surface area contributed by atoms with Crippen LogP contribution in [-0.4, -0.2) is 39.8 Å². The number of aromatic nitrogens is 1. The van der Waals surface area contributed by atoms with Crippen LogP contribution in [0.5, 0.6) is 0 Å². The minimum atomic E-state index is -0.404. The largest absolute Gasteiger partial charge is 0.472 e. The van der Waals surface area contributed by atoms with E-state index in [2.05, 4.69) is 10.3 Å². The molecule has 2 aromatic heterocycles. The number of fused-ring (bicyclic) bond motifs is 1. The number of aryl methyl sites for hydroxylation is 1. The summed E-state index contributed by atoms with van der Waals surface area (Å²) >= 11 is 0. The van der Waals surface area contributed by atoms with Gasteiger partial charge in [-0.05, 0) is 31.9 Å². The number of hydrogen-bond donors (Lipinski definition) is 1. The molecular weight excluding hydrogens is 360 g/mol. The van der Waals surface area contributed by atoms with E-state index in [1.54, 1.807) is 12.1 Å². The van der Waals surface area contributed by atoms with Gasteiger partial charge in [0.15, 0.2) is 5.52 Å². The molecule has 8 heteroatoms. The van der Waals surface area contributed by atoms with Crippen LogP contribution in [0.4, 0.5) is 11.4 Å². The van der Waals surface area contributed by atoms with Gasteiger partial charge in [0.1, 0.15) is 6.26 Å². The van der Waals surface area contributed by atoms with Gasteiger partial charge in [0.2, 0.25) is 0 Å². The number of non-ortho nitro benzene ring substituents is 1. The zero-order chi connectivity index (χ0) is 19.7. The molecule has 28 heavy (non-hydrogen) atoms. The number of hydrogen-bond acceptors (Lipinski definition) is 6. The number of anilines is 1. The SMILES string of the molecule is Cc1cc(NC2CCN(C(=O)c3ccoc3)CC2)c2cccc([N+](=O)[O-])c2n1. The number of likely N-dealkylation sites (tertiary alicyclic amines) is 1. The second-order valence-corrected chi connectivity index (χ2v) is 6.96. The molecule has 1 aliphatic rings. The molecule has 1 saturated heterocycles. The molecule has 0 radical (unpaired) electrons. The van der Waals surface area contributed by atoms with Crippen molar-refractivity contribution < 1.29 is 14.1 Å². The number of furan rings is 1. The number of nitro benzene ring substituents is 1. The Morgan fingerprint density at radius 2 is 2.11 bits per heavy atom. The van der Waals surface area contributed by atoms with Crippen LogP contribution in [0.3, 0.4) is 0 Å². The van der Waals surface area contributed by atoms with Crippen LogP contribution in [0.15, 0.2) is 47.3 Å². The molecule has 1 aromatic carbocycles. The van der Waals surface area contributed by atoms with Gasteiger partial charge in [0.25, 0.3) is 11.6 Å². The summed E-state index contributed by atoms with van der Waals surface area (Å²) in [5, 5.41) is 15.6. The quantitative estimate of drug-likeness (QED) is 0.546. The van der Waals surface area contributed by atoms with Crippen LogP contribution in [0.1, 0.15) is 28.9 Å². The predicted octanol–water partition coefficient (Wildman–Crippen LogP) is 3.76. The molecule has 8 nitrogen and oxygen atoms in total. The molecule has 1 amide bonds. The normalized spacial score (nSPS) is 15.0. The van der Waals surface area contributed by atoms with Crippen LogP contribution < -0.4 is 5.32 Å². The summed E-state index contributed by atoms with van der Waals surface area (Å²) in [5.74, 6) is -0.0203. The Labute approximate surface area is 161 Å². The predicted molar refractivity (Wildman–Crippen MR) is 104 cm³/mol. The van der Waals surface area contributed by atoms with E-state index in [1.165, 1.54) is 18.6 Å². The van der Waals surface area contributed by atoms with Gasteiger partial charge in [0, 0.05) is 42.0 Å². The summed E-state index contributed by atoms with van der Waals surface area (Å²) in [4.78, 5) is 29.5. The Kier molecular flexibility index (Phi) is 4.68. The van der Waals surface area contributed by atoms with Crippen LogP contribution in [-0.2, 0) is 0 Å². The molecule has 1 N–H and O–H groups in total. The molecule has 0 aliphatic carbocycles. The van der Waals surface area contributed by atoms with Crippen LogP contribution in [0.25, 0.3) is 10.9 Å². The fourth-order valence-electron chi connectivity index (χ4n) is 3.64. The highest BCUT2D eigenvalue weighted by Crippen LogP contribution is 2.31. The zero-order valence-corrected chi connectivity index (χ0v) is 15.4. The average Bonchev–Trinajstić information content (AvgIpc) is 3.22. The maximum atomic E-state index is 12.4. The van der Waals surface area contributed by atoms with E-state index in [1.807, 2.05) is 24.0 Å². The molecule has 4 rings (SSSR count). The van der Waals surface area contributed by atoms with Gasteiger partial charge in [-0.15, -0.1) is 0 Å². The Morgan fingerprint density at radius 1 is 1.32 bits per heavy atom. The van der Waals surface area contributed by atoms with Crippen molar-refractivity contribution in [1.82, 2.24) is 9.88 Å². The van der Waals surface area contributed by atoms with E-state index >= 15 is 0 Å². The number of carbonyl (C=O) groups excluding carboxylic acids is 1. The van der Waals surface area contributed by atoms with Crippen molar-refractivity contribution in [2.24, 2.45) is 0 Å². The maximum absolute atomic E-state index is 12.4. The van der Waals surface area contributed by atoms with E-state index in [9.17, 15) is 14.9 Å². The highest BCUT2D eigenvalue weighted by atomic mass is 16.6. The van der Waals surface area contributed by atoms with Crippen molar-refractivity contribution in [1.29, 1.82) is 0 Å². The lowest BCUT2D eigenvalue weighted by molar-refractivity contribution is -0.383. The van der Waals surface area contributed by atoms with E-state index in [0.717, 1.165) is 29.6 Å². The minimum absolute atomic E-state index is 0.00442. The summed E-state index contributed by atoms with van der Waals surface area (Å²) in [6, 6.07) is 8.75. The first-order valence-corrected chi connectivity index (χ1v) is 9.15. The third-order valence-corrected chi connectivity index (χ3v) is 5.05. The number of rotatable bonds is 4. The Hall–Kier alpha value is -3.42. The molecule has 144 valence electrons. The Morgan fingerprint density at radius 3 is 2.79 bits per heavy atom. The molecule has 0 saturated carbocycles. The molecular formula is C20H20N4O4. The van der Waals surface area contributed by atoms with Crippen LogP contribution >= 0.6 is 0 Å². The number of para-hydroxylation sites is 1. The number of nitro groups is 1. The number of nitrogens with one attached hydrogen (secondary N) is 1. The van der Waals surface area contributed by atoms with Crippen molar-refractivity contribution in [3.05, 3.63) is 64.2 Å².